The zero-order chi connectivity index (χ0) is 13.2. The summed E-state index contributed by atoms with van der Waals surface area (Å²) in [6, 6.07) is 7.83. The Morgan fingerprint density at radius 3 is 2.47 bits per heavy atom. The van der Waals surface area contributed by atoms with Gasteiger partial charge in [-0.25, -0.2) is 4.98 Å². The van der Waals surface area contributed by atoms with Crippen LogP contribution in [0.4, 0.5) is 0 Å². The molecule has 0 atom stereocenters. The summed E-state index contributed by atoms with van der Waals surface area (Å²) >= 11 is 0. The Labute approximate surface area is 111 Å². The molecule has 0 bridgehead atoms. The maximum atomic E-state index is 10.9. The lowest BCUT2D eigenvalue weighted by Crippen LogP contribution is -2.21. The minimum Gasteiger partial charge on any atom is -0.481 e. The van der Waals surface area contributed by atoms with E-state index in [1.165, 1.54) is 0 Å². The highest BCUT2D eigenvalue weighted by Gasteiger charge is 2.27. The number of carboxylic acids is 1. The third-order valence-electron chi connectivity index (χ3n) is 3.96. The van der Waals surface area contributed by atoms with Gasteiger partial charge in [-0.1, -0.05) is 12.1 Å². The second-order valence-electron chi connectivity index (χ2n) is 5.17. The monoisotopic (exact) mass is 256 g/mol. The average molecular weight is 256 g/mol. The van der Waals surface area contributed by atoms with E-state index in [1.807, 2.05) is 30.5 Å². The molecule has 98 valence electrons. The largest absolute Gasteiger partial charge is 0.481 e. The normalized spacial score (nSPS) is 23.4. The van der Waals surface area contributed by atoms with Crippen LogP contribution in [0.25, 0.3) is 11.0 Å². The molecule has 0 amide bonds. The lowest BCUT2D eigenvalue weighted by Gasteiger charge is -2.25. The lowest BCUT2D eigenvalue weighted by molar-refractivity contribution is -0.142. The molecule has 1 saturated carbocycles. The SMILES string of the molecule is O=C(O)C1CCC(c2cnc3ccccc3n2)CC1. The molecule has 1 aliphatic carbocycles. The van der Waals surface area contributed by atoms with Crippen LogP contribution >= 0.6 is 0 Å². The van der Waals surface area contributed by atoms with Crippen molar-refractivity contribution in [2.75, 3.05) is 0 Å². The highest BCUT2D eigenvalue weighted by atomic mass is 16.4. The summed E-state index contributed by atoms with van der Waals surface area (Å²) in [7, 11) is 0. The minimum absolute atomic E-state index is 0.176. The lowest BCUT2D eigenvalue weighted by atomic mass is 9.80. The number of fused-ring (bicyclic) bond motifs is 1. The van der Waals surface area contributed by atoms with E-state index in [2.05, 4.69) is 9.97 Å². The molecule has 1 aliphatic rings. The number of nitrogens with zero attached hydrogens (tertiary/aromatic N) is 2. The van der Waals surface area contributed by atoms with Crippen molar-refractivity contribution < 1.29 is 9.90 Å². The number of aliphatic carboxylic acids is 1. The van der Waals surface area contributed by atoms with Gasteiger partial charge in [-0.15, -0.1) is 0 Å². The fraction of sp³-hybridized carbons (Fsp3) is 0.400. The molecule has 0 radical (unpaired) electrons. The number of carbonyl (C=O) groups is 1. The van der Waals surface area contributed by atoms with Crippen LogP contribution in [0.15, 0.2) is 30.5 Å². The third kappa shape index (κ3) is 2.43. The summed E-state index contributed by atoms with van der Waals surface area (Å²) in [6.07, 6.45) is 5.12. The van der Waals surface area contributed by atoms with Gasteiger partial charge in [0.1, 0.15) is 0 Å². The van der Waals surface area contributed by atoms with E-state index in [1.54, 1.807) is 0 Å². The molecule has 4 heteroatoms. The van der Waals surface area contributed by atoms with E-state index in [-0.39, 0.29) is 5.92 Å². The molecule has 0 saturated heterocycles. The van der Waals surface area contributed by atoms with Crippen molar-refractivity contribution in [1.82, 2.24) is 9.97 Å². The smallest absolute Gasteiger partial charge is 0.306 e. The van der Waals surface area contributed by atoms with Gasteiger partial charge in [-0.3, -0.25) is 9.78 Å². The van der Waals surface area contributed by atoms with Gasteiger partial charge >= 0.3 is 5.97 Å². The van der Waals surface area contributed by atoms with Crippen LogP contribution in [0, 0.1) is 5.92 Å². The second-order valence-corrected chi connectivity index (χ2v) is 5.17. The quantitative estimate of drug-likeness (QED) is 0.897. The molecule has 2 aromatic rings. The first-order valence-corrected chi connectivity index (χ1v) is 6.68. The standard InChI is InChI=1S/C15H16N2O2/c18-15(19)11-7-5-10(6-8-11)14-9-16-12-3-1-2-4-13(12)17-14/h1-4,9-11H,5-8H2,(H,18,19). The van der Waals surface area contributed by atoms with Gasteiger partial charge in [-0.2, -0.15) is 0 Å². The molecule has 3 rings (SSSR count). The molecule has 1 N–H and O–H groups in total. The number of rotatable bonds is 2. The van der Waals surface area contributed by atoms with Gasteiger partial charge in [0.2, 0.25) is 0 Å². The Balaban J connectivity index is 1.80. The van der Waals surface area contributed by atoms with Crippen molar-refractivity contribution in [2.45, 2.75) is 31.6 Å². The van der Waals surface area contributed by atoms with E-state index in [4.69, 9.17) is 5.11 Å². The molecule has 19 heavy (non-hydrogen) atoms. The molecular formula is C15H16N2O2. The van der Waals surface area contributed by atoms with Crippen LogP contribution in [-0.2, 0) is 4.79 Å². The van der Waals surface area contributed by atoms with Crippen molar-refractivity contribution in [3.05, 3.63) is 36.2 Å². The van der Waals surface area contributed by atoms with E-state index in [9.17, 15) is 4.79 Å². The Kier molecular flexibility index (Phi) is 3.15. The van der Waals surface area contributed by atoms with Gasteiger partial charge in [-0.05, 0) is 37.8 Å². The number of aromatic nitrogens is 2. The maximum Gasteiger partial charge on any atom is 0.306 e. The van der Waals surface area contributed by atoms with Crippen LogP contribution in [0.3, 0.4) is 0 Å². The second kappa shape index (κ2) is 4.96. The maximum absolute atomic E-state index is 10.9. The third-order valence-corrected chi connectivity index (χ3v) is 3.96. The summed E-state index contributed by atoms with van der Waals surface area (Å²) in [4.78, 5) is 20.0. The van der Waals surface area contributed by atoms with Gasteiger partial charge in [0, 0.05) is 12.1 Å². The Hall–Kier alpha value is -1.97. The molecular weight excluding hydrogens is 240 g/mol. The highest BCUT2D eigenvalue weighted by Crippen LogP contribution is 2.35. The first kappa shape index (κ1) is 12.1. The zero-order valence-electron chi connectivity index (χ0n) is 10.6. The van der Waals surface area contributed by atoms with Crippen LogP contribution in [0.1, 0.15) is 37.3 Å². The predicted octanol–water partition coefficient (Wildman–Crippen LogP) is 2.99. The molecule has 0 spiro atoms. The Morgan fingerprint density at radius 2 is 1.79 bits per heavy atom. The fourth-order valence-electron chi connectivity index (χ4n) is 2.80. The van der Waals surface area contributed by atoms with Gasteiger partial charge < -0.3 is 5.11 Å². The number of para-hydroxylation sites is 2. The molecule has 4 nitrogen and oxygen atoms in total. The highest BCUT2D eigenvalue weighted by molar-refractivity contribution is 5.73. The van der Waals surface area contributed by atoms with Crippen molar-refractivity contribution in [2.24, 2.45) is 5.92 Å². The van der Waals surface area contributed by atoms with E-state index in [0.717, 1.165) is 42.4 Å². The van der Waals surface area contributed by atoms with Crippen molar-refractivity contribution in [1.29, 1.82) is 0 Å². The molecule has 1 fully saturated rings. The number of carboxylic acid groups (broad SMARTS) is 1. The first-order chi connectivity index (χ1) is 9.24. The van der Waals surface area contributed by atoms with Crippen molar-refractivity contribution >= 4 is 17.0 Å². The molecule has 0 aliphatic heterocycles. The van der Waals surface area contributed by atoms with Gasteiger partial charge in [0.05, 0.1) is 22.6 Å². The summed E-state index contributed by atoms with van der Waals surface area (Å²) in [5.41, 5.74) is 2.83. The summed E-state index contributed by atoms with van der Waals surface area (Å²) < 4.78 is 0. The minimum atomic E-state index is -0.664. The number of hydrogen-bond acceptors (Lipinski definition) is 3. The molecule has 1 heterocycles. The Bertz CT molecular complexity index is 604. The van der Waals surface area contributed by atoms with E-state index in [0.29, 0.717) is 5.92 Å². The number of benzene rings is 1. The van der Waals surface area contributed by atoms with Gasteiger partial charge in [0.15, 0.2) is 0 Å². The molecule has 0 unspecified atom stereocenters. The summed E-state index contributed by atoms with van der Waals surface area (Å²) in [5.74, 6) is -0.486. The van der Waals surface area contributed by atoms with Crippen LogP contribution in [-0.4, -0.2) is 21.0 Å². The van der Waals surface area contributed by atoms with Gasteiger partial charge in [0.25, 0.3) is 0 Å². The van der Waals surface area contributed by atoms with Crippen LogP contribution < -0.4 is 0 Å². The van der Waals surface area contributed by atoms with Crippen molar-refractivity contribution in [3.63, 3.8) is 0 Å². The van der Waals surface area contributed by atoms with Crippen molar-refractivity contribution in [3.8, 4) is 0 Å². The molecule has 1 aromatic carbocycles. The molecule has 1 aromatic heterocycles. The van der Waals surface area contributed by atoms with Crippen LogP contribution in [0.2, 0.25) is 0 Å². The van der Waals surface area contributed by atoms with E-state index >= 15 is 0 Å². The predicted molar refractivity (Wildman–Crippen MR) is 71.9 cm³/mol. The zero-order valence-corrected chi connectivity index (χ0v) is 10.6. The average Bonchev–Trinajstić information content (AvgIpc) is 2.47. The van der Waals surface area contributed by atoms with E-state index < -0.39 is 5.97 Å². The summed E-state index contributed by atoms with van der Waals surface area (Å²) in [6.45, 7) is 0. The fourth-order valence-corrected chi connectivity index (χ4v) is 2.80. The summed E-state index contributed by atoms with van der Waals surface area (Å²) in [5, 5.41) is 9.01. The number of hydrogen-bond donors (Lipinski definition) is 1. The van der Waals surface area contributed by atoms with Crippen LogP contribution in [0.5, 0.6) is 0 Å². The topological polar surface area (TPSA) is 63.1 Å². The Morgan fingerprint density at radius 1 is 1.11 bits per heavy atom. The first-order valence-electron chi connectivity index (χ1n) is 6.68.